The Bertz CT molecular complexity index is 563. The Hall–Kier alpha value is -2.22. The van der Waals surface area contributed by atoms with Crippen LogP contribution < -0.4 is 5.73 Å². The highest BCUT2D eigenvalue weighted by Gasteiger charge is 2.24. The molecular formula is C14H21FN4O3. The van der Waals surface area contributed by atoms with Gasteiger partial charge in [0.15, 0.2) is 0 Å². The molecule has 1 rings (SSSR count). The largest absolute Gasteiger partial charge is 0.393 e. The van der Waals surface area contributed by atoms with E-state index in [4.69, 9.17) is 5.73 Å². The molecule has 0 radical (unpaired) electrons. The standard InChI is InChI=1S/C14H21FN4O3/c1-4-5-18(7-6-17(2)3)14(20)11-8-10(15)9-12(13(11)16)19(21)22/h8-9H,4-7,16H2,1-3H3. The van der Waals surface area contributed by atoms with Gasteiger partial charge in [-0.15, -0.1) is 0 Å². The van der Waals surface area contributed by atoms with Crippen molar-refractivity contribution in [1.29, 1.82) is 0 Å². The number of nitrogen functional groups attached to an aromatic ring is 1. The summed E-state index contributed by atoms with van der Waals surface area (Å²) >= 11 is 0. The van der Waals surface area contributed by atoms with Gasteiger partial charge in [0.25, 0.3) is 11.6 Å². The van der Waals surface area contributed by atoms with Crippen LogP contribution in [-0.4, -0.2) is 54.4 Å². The first-order valence-electron chi connectivity index (χ1n) is 6.95. The third-order valence-corrected chi connectivity index (χ3v) is 3.15. The zero-order chi connectivity index (χ0) is 16.9. The fourth-order valence-corrected chi connectivity index (χ4v) is 2.01. The molecular weight excluding hydrogens is 291 g/mol. The quantitative estimate of drug-likeness (QED) is 0.470. The maximum absolute atomic E-state index is 13.6. The number of benzene rings is 1. The van der Waals surface area contributed by atoms with Crippen molar-refractivity contribution in [3.63, 3.8) is 0 Å². The number of hydrogen-bond donors (Lipinski definition) is 1. The average molecular weight is 312 g/mol. The van der Waals surface area contributed by atoms with Crippen LogP contribution in [-0.2, 0) is 0 Å². The van der Waals surface area contributed by atoms with Crippen molar-refractivity contribution in [3.8, 4) is 0 Å². The third kappa shape index (κ3) is 4.39. The summed E-state index contributed by atoms with van der Waals surface area (Å²) in [6, 6.07) is 1.67. The molecule has 0 fully saturated rings. The molecule has 0 unspecified atom stereocenters. The second-order valence-corrected chi connectivity index (χ2v) is 5.24. The SMILES string of the molecule is CCCN(CCN(C)C)C(=O)c1cc(F)cc([N+](=O)[O-])c1N. The summed E-state index contributed by atoms with van der Waals surface area (Å²) in [7, 11) is 3.74. The molecule has 0 aromatic heterocycles. The Morgan fingerprint density at radius 1 is 1.32 bits per heavy atom. The fourth-order valence-electron chi connectivity index (χ4n) is 2.01. The van der Waals surface area contributed by atoms with Crippen LogP contribution in [0.2, 0.25) is 0 Å². The van der Waals surface area contributed by atoms with Crippen LogP contribution >= 0.6 is 0 Å². The number of nitro groups is 1. The van der Waals surface area contributed by atoms with Gasteiger partial charge >= 0.3 is 0 Å². The lowest BCUT2D eigenvalue weighted by atomic mass is 10.1. The van der Waals surface area contributed by atoms with Gasteiger partial charge in [-0.2, -0.15) is 0 Å². The molecule has 0 heterocycles. The number of carbonyl (C=O) groups excluding carboxylic acids is 1. The summed E-state index contributed by atoms with van der Waals surface area (Å²) in [5.41, 5.74) is 4.62. The number of halogens is 1. The van der Waals surface area contributed by atoms with Gasteiger partial charge < -0.3 is 15.5 Å². The molecule has 22 heavy (non-hydrogen) atoms. The van der Waals surface area contributed by atoms with Crippen molar-refractivity contribution in [2.24, 2.45) is 0 Å². The molecule has 1 aromatic carbocycles. The lowest BCUT2D eigenvalue weighted by Gasteiger charge is -2.24. The van der Waals surface area contributed by atoms with Crippen molar-refractivity contribution in [2.45, 2.75) is 13.3 Å². The van der Waals surface area contributed by atoms with Crippen molar-refractivity contribution in [3.05, 3.63) is 33.6 Å². The molecule has 0 atom stereocenters. The Kier molecular flexibility index (Phi) is 6.24. The predicted molar refractivity (Wildman–Crippen MR) is 82.2 cm³/mol. The van der Waals surface area contributed by atoms with Crippen LogP contribution in [0.15, 0.2) is 12.1 Å². The molecule has 2 N–H and O–H groups in total. The van der Waals surface area contributed by atoms with Gasteiger partial charge in [0.05, 0.1) is 16.6 Å². The van der Waals surface area contributed by atoms with E-state index in [9.17, 15) is 19.3 Å². The van der Waals surface area contributed by atoms with Gasteiger partial charge in [-0.25, -0.2) is 4.39 Å². The van der Waals surface area contributed by atoms with Gasteiger partial charge in [-0.05, 0) is 26.6 Å². The maximum Gasteiger partial charge on any atom is 0.295 e. The molecule has 0 spiro atoms. The lowest BCUT2D eigenvalue weighted by Crippen LogP contribution is -2.37. The minimum absolute atomic E-state index is 0.168. The molecule has 122 valence electrons. The lowest BCUT2D eigenvalue weighted by molar-refractivity contribution is -0.384. The van der Waals surface area contributed by atoms with Crippen molar-refractivity contribution in [1.82, 2.24) is 9.80 Å². The van der Waals surface area contributed by atoms with E-state index < -0.39 is 22.3 Å². The van der Waals surface area contributed by atoms with E-state index in [-0.39, 0.29) is 11.3 Å². The summed E-state index contributed by atoms with van der Waals surface area (Å²) in [5.74, 6) is -1.35. The number of hydrogen-bond acceptors (Lipinski definition) is 5. The second kappa shape index (κ2) is 7.69. The number of nitro benzene ring substituents is 1. The topological polar surface area (TPSA) is 92.7 Å². The van der Waals surface area contributed by atoms with E-state index in [1.165, 1.54) is 4.90 Å². The number of nitrogens with zero attached hydrogens (tertiary/aromatic N) is 3. The van der Waals surface area contributed by atoms with Crippen molar-refractivity contribution in [2.75, 3.05) is 39.5 Å². The minimum atomic E-state index is -0.853. The molecule has 1 amide bonds. The van der Waals surface area contributed by atoms with Gasteiger partial charge in [0.1, 0.15) is 11.5 Å². The highest BCUT2D eigenvalue weighted by atomic mass is 19.1. The predicted octanol–water partition coefficient (Wildman–Crippen LogP) is 1.73. The molecule has 8 heteroatoms. The summed E-state index contributed by atoms with van der Waals surface area (Å²) in [5, 5.41) is 10.9. The van der Waals surface area contributed by atoms with E-state index in [1.807, 2.05) is 25.9 Å². The highest BCUT2D eigenvalue weighted by molar-refractivity contribution is 6.01. The normalized spacial score (nSPS) is 10.8. The van der Waals surface area contributed by atoms with Crippen molar-refractivity contribution < 1.29 is 14.1 Å². The van der Waals surface area contributed by atoms with Gasteiger partial charge in [-0.1, -0.05) is 6.92 Å². The zero-order valence-electron chi connectivity index (χ0n) is 13.0. The molecule has 0 saturated heterocycles. The number of carbonyl (C=O) groups is 1. The van der Waals surface area contributed by atoms with Gasteiger partial charge in [-0.3, -0.25) is 14.9 Å². The fraction of sp³-hybridized carbons (Fsp3) is 0.500. The minimum Gasteiger partial charge on any atom is -0.393 e. The van der Waals surface area contributed by atoms with E-state index in [0.29, 0.717) is 19.6 Å². The summed E-state index contributed by atoms with van der Waals surface area (Å²) in [6.45, 7) is 3.44. The molecule has 1 aromatic rings. The monoisotopic (exact) mass is 312 g/mol. The van der Waals surface area contributed by atoms with Crippen LogP contribution in [0.5, 0.6) is 0 Å². The smallest absolute Gasteiger partial charge is 0.295 e. The van der Waals surface area contributed by atoms with Crippen LogP contribution in [0.4, 0.5) is 15.8 Å². The van der Waals surface area contributed by atoms with Crippen molar-refractivity contribution >= 4 is 17.3 Å². The maximum atomic E-state index is 13.6. The van der Waals surface area contributed by atoms with E-state index in [1.54, 1.807) is 0 Å². The number of likely N-dealkylation sites (N-methyl/N-ethyl adjacent to an activating group) is 1. The first-order chi connectivity index (χ1) is 10.3. The molecule has 0 bridgehead atoms. The summed E-state index contributed by atoms with van der Waals surface area (Å²) in [4.78, 5) is 26.1. The van der Waals surface area contributed by atoms with Crippen LogP contribution in [0.25, 0.3) is 0 Å². The first-order valence-corrected chi connectivity index (χ1v) is 6.95. The second-order valence-electron chi connectivity index (χ2n) is 5.24. The Balaban J connectivity index is 3.15. The van der Waals surface area contributed by atoms with Crippen LogP contribution in [0.1, 0.15) is 23.7 Å². The molecule has 0 saturated carbocycles. The highest BCUT2D eigenvalue weighted by Crippen LogP contribution is 2.27. The van der Waals surface area contributed by atoms with E-state index in [2.05, 4.69) is 0 Å². The average Bonchev–Trinajstić information content (AvgIpc) is 2.44. The van der Waals surface area contributed by atoms with Crippen LogP contribution in [0, 0.1) is 15.9 Å². The Morgan fingerprint density at radius 3 is 2.45 bits per heavy atom. The Labute approximate surface area is 128 Å². The third-order valence-electron chi connectivity index (χ3n) is 3.15. The Morgan fingerprint density at radius 2 is 1.95 bits per heavy atom. The number of amides is 1. The van der Waals surface area contributed by atoms with Gasteiger partial charge in [0.2, 0.25) is 0 Å². The first kappa shape index (κ1) is 17.8. The van der Waals surface area contributed by atoms with Crippen LogP contribution in [0.3, 0.4) is 0 Å². The zero-order valence-corrected chi connectivity index (χ0v) is 13.0. The number of anilines is 1. The van der Waals surface area contributed by atoms with E-state index >= 15 is 0 Å². The summed E-state index contributed by atoms with van der Waals surface area (Å²) < 4.78 is 13.6. The summed E-state index contributed by atoms with van der Waals surface area (Å²) in [6.07, 6.45) is 0.719. The molecule has 7 nitrogen and oxygen atoms in total. The molecule has 0 aliphatic rings. The molecule has 0 aliphatic carbocycles. The number of nitrogens with two attached hydrogens (primary N) is 1. The van der Waals surface area contributed by atoms with Gasteiger partial charge in [0, 0.05) is 19.6 Å². The van der Waals surface area contributed by atoms with E-state index in [0.717, 1.165) is 18.6 Å². The molecule has 0 aliphatic heterocycles. The number of rotatable bonds is 7.